The van der Waals surface area contributed by atoms with Crippen molar-refractivity contribution in [1.29, 1.82) is 0 Å². The zero-order valence-electron chi connectivity index (χ0n) is 11.9. The van der Waals surface area contributed by atoms with Gasteiger partial charge in [-0.2, -0.15) is 5.10 Å². The average molecular weight is 270 g/mol. The smallest absolute Gasteiger partial charge is 0.185 e. The van der Waals surface area contributed by atoms with Gasteiger partial charge in [0.05, 0.1) is 5.69 Å². The minimum absolute atomic E-state index is 0.0930. The second-order valence-corrected chi connectivity index (χ2v) is 4.65. The van der Waals surface area contributed by atoms with Crippen LogP contribution < -0.4 is 0 Å². The lowest BCUT2D eigenvalue weighted by Gasteiger charge is -1.99. The number of ketones is 1. The standard InChI is InChI=1S/C16H18N2O2/c1-4-18-12(3)15(11(2)17-18)8-9-16(20)13-6-5-7-14(19)10-13/h5-10,19H,4H2,1-3H3/b9-8+. The third kappa shape index (κ3) is 2.79. The van der Waals surface area contributed by atoms with Crippen LogP contribution in [0.1, 0.15) is 34.2 Å². The average Bonchev–Trinajstić information content (AvgIpc) is 2.71. The first-order chi connectivity index (χ1) is 9.52. The molecule has 2 aromatic rings. The van der Waals surface area contributed by atoms with Gasteiger partial charge in [0.1, 0.15) is 5.75 Å². The van der Waals surface area contributed by atoms with Crippen molar-refractivity contribution in [2.24, 2.45) is 0 Å². The van der Waals surface area contributed by atoms with Crippen LogP contribution in [0.15, 0.2) is 30.3 Å². The molecule has 20 heavy (non-hydrogen) atoms. The Kier molecular flexibility index (Phi) is 4.03. The molecule has 104 valence electrons. The summed E-state index contributed by atoms with van der Waals surface area (Å²) >= 11 is 0. The molecule has 0 aliphatic carbocycles. The van der Waals surface area contributed by atoms with E-state index in [2.05, 4.69) is 5.10 Å². The maximum atomic E-state index is 12.0. The van der Waals surface area contributed by atoms with E-state index in [4.69, 9.17) is 0 Å². The summed E-state index contributed by atoms with van der Waals surface area (Å²) in [6, 6.07) is 6.34. The maximum Gasteiger partial charge on any atom is 0.185 e. The lowest BCUT2D eigenvalue weighted by atomic mass is 10.1. The van der Waals surface area contributed by atoms with Crippen molar-refractivity contribution in [2.45, 2.75) is 27.3 Å². The summed E-state index contributed by atoms with van der Waals surface area (Å²) in [5.74, 6) is -0.0423. The molecule has 1 aromatic heterocycles. The summed E-state index contributed by atoms with van der Waals surface area (Å²) in [6.45, 7) is 6.76. The molecule has 0 amide bonds. The van der Waals surface area contributed by atoms with Crippen molar-refractivity contribution in [2.75, 3.05) is 0 Å². The van der Waals surface area contributed by atoms with E-state index in [1.807, 2.05) is 25.5 Å². The summed E-state index contributed by atoms with van der Waals surface area (Å²) in [7, 11) is 0. The number of aromatic hydroxyl groups is 1. The molecule has 0 saturated carbocycles. The van der Waals surface area contributed by atoms with Crippen LogP contribution >= 0.6 is 0 Å². The van der Waals surface area contributed by atoms with E-state index in [9.17, 15) is 9.90 Å². The molecular weight excluding hydrogens is 252 g/mol. The van der Waals surface area contributed by atoms with E-state index >= 15 is 0 Å². The van der Waals surface area contributed by atoms with Gasteiger partial charge >= 0.3 is 0 Å². The van der Waals surface area contributed by atoms with Gasteiger partial charge in [-0.05, 0) is 45.1 Å². The number of hydrogen-bond acceptors (Lipinski definition) is 3. The summed E-state index contributed by atoms with van der Waals surface area (Å²) in [5, 5.41) is 13.8. The SMILES string of the molecule is CCn1nc(C)c(/C=C/C(=O)c2cccc(O)c2)c1C. The topological polar surface area (TPSA) is 55.1 Å². The molecule has 1 heterocycles. The summed E-state index contributed by atoms with van der Waals surface area (Å²) in [4.78, 5) is 12.0. The number of carbonyl (C=O) groups excluding carboxylic acids is 1. The summed E-state index contributed by atoms with van der Waals surface area (Å²) < 4.78 is 1.91. The van der Waals surface area contributed by atoms with Gasteiger partial charge in [0.25, 0.3) is 0 Å². The van der Waals surface area contributed by atoms with Crippen molar-refractivity contribution < 1.29 is 9.90 Å². The Morgan fingerprint density at radius 3 is 2.75 bits per heavy atom. The molecule has 4 nitrogen and oxygen atoms in total. The molecule has 1 aromatic carbocycles. The first kappa shape index (κ1) is 14.1. The Balaban J connectivity index is 2.26. The molecule has 0 fully saturated rings. The fourth-order valence-electron chi connectivity index (χ4n) is 2.17. The number of rotatable bonds is 4. The first-order valence-electron chi connectivity index (χ1n) is 6.58. The molecule has 1 N–H and O–H groups in total. The molecular formula is C16H18N2O2. The Hall–Kier alpha value is -2.36. The van der Waals surface area contributed by atoms with Gasteiger partial charge in [-0.1, -0.05) is 12.1 Å². The Morgan fingerprint density at radius 1 is 1.40 bits per heavy atom. The van der Waals surface area contributed by atoms with Crippen LogP contribution in [-0.4, -0.2) is 20.7 Å². The van der Waals surface area contributed by atoms with Crippen LogP contribution in [0.3, 0.4) is 0 Å². The number of aromatic nitrogens is 2. The molecule has 0 spiro atoms. The third-order valence-corrected chi connectivity index (χ3v) is 3.27. The van der Waals surface area contributed by atoms with Crippen LogP contribution in [0.4, 0.5) is 0 Å². The number of benzene rings is 1. The number of carbonyl (C=O) groups is 1. The second-order valence-electron chi connectivity index (χ2n) is 4.65. The number of phenolic OH excluding ortho intramolecular Hbond substituents is 1. The predicted octanol–water partition coefficient (Wildman–Crippen LogP) is 3.12. The predicted molar refractivity (Wildman–Crippen MR) is 78.8 cm³/mol. The molecule has 0 radical (unpaired) electrons. The van der Waals surface area contributed by atoms with E-state index in [1.54, 1.807) is 24.3 Å². The zero-order chi connectivity index (χ0) is 14.7. The Bertz CT molecular complexity index is 669. The van der Waals surface area contributed by atoms with Gasteiger partial charge in [0, 0.05) is 23.4 Å². The fraction of sp³-hybridized carbons (Fsp3) is 0.250. The molecule has 0 aliphatic rings. The first-order valence-corrected chi connectivity index (χ1v) is 6.58. The summed E-state index contributed by atoms with van der Waals surface area (Å²) in [5.41, 5.74) is 3.40. The number of phenols is 1. The van der Waals surface area contributed by atoms with E-state index in [0.717, 1.165) is 23.5 Å². The summed E-state index contributed by atoms with van der Waals surface area (Å²) in [6.07, 6.45) is 3.31. The number of nitrogens with zero attached hydrogens (tertiary/aromatic N) is 2. The minimum Gasteiger partial charge on any atom is -0.508 e. The lowest BCUT2D eigenvalue weighted by Crippen LogP contribution is -1.98. The minimum atomic E-state index is -0.135. The van der Waals surface area contributed by atoms with Gasteiger partial charge in [-0.25, -0.2) is 0 Å². The van der Waals surface area contributed by atoms with E-state index in [-0.39, 0.29) is 11.5 Å². The van der Waals surface area contributed by atoms with Crippen molar-refractivity contribution in [1.82, 2.24) is 9.78 Å². The van der Waals surface area contributed by atoms with Crippen LogP contribution in [0.25, 0.3) is 6.08 Å². The van der Waals surface area contributed by atoms with Crippen LogP contribution in [0.5, 0.6) is 5.75 Å². The van der Waals surface area contributed by atoms with E-state index in [0.29, 0.717) is 5.56 Å². The highest BCUT2D eigenvalue weighted by Crippen LogP contribution is 2.16. The van der Waals surface area contributed by atoms with Crippen LogP contribution in [0, 0.1) is 13.8 Å². The van der Waals surface area contributed by atoms with Crippen LogP contribution in [0.2, 0.25) is 0 Å². The number of aryl methyl sites for hydroxylation is 2. The van der Waals surface area contributed by atoms with E-state index < -0.39 is 0 Å². The Labute approximate surface area is 118 Å². The lowest BCUT2D eigenvalue weighted by molar-refractivity contribution is 0.104. The van der Waals surface area contributed by atoms with Crippen molar-refractivity contribution in [3.8, 4) is 5.75 Å². The highest BCUT2D eigenvalue weighted by molar-refractivity contribution is 6.07. The quantitative estimate of drug-likeness (QED) is 0.686. The fourth-order valence-corrected chi connectivity index (χ4v) is 2.17. The highest BCUT2D eigenvalue weighted by atomic mass is 16.3. The van der Waals surface area contributed by atoms with E-state index in [1.165, 1.54) is 12.1 Å². The molecule has 0 unspecified atom stereocenters. The van der Waals surface area contributed by atoms with Crippen molar-refractivity contribution in [3.05, 3.63) is 52.9 Å². The van der Waals surface area contributed by atoms with Crippen molar-refractivity contribution in [3.63, 3.8) is 0 Å². The van der Waals surface area contributed by atoms with Gasteiger partial charge < -0.3 is 5.11 Å². The molecule has 0 atom stereocenters. The van der Waals surface area contributed by atoms with Gasteiger partial charge in [0.2, 0.25) is 0 Å². The maximum absolute atomic E-state index is 12.0. The number of hydrogen-bond donors (Lipinski definition) is 1. The third-order valence-electron chi connectivity index (χ3n) is 3.27. The monoisotopic (exact) mass is 270 g/mol. The van der Waals surface area contributed by atoms with Gasteiger partial charge in [-0.3, -0.25) is 9.48 Å². The molecule has 0 saturated heterocycles. The normalized spacial score (nSPS) is 11.2. The number of allylic oxidation sites excluding steroid dienone is 1. The van der Waals surface area contributed by atoms with Crippen LogP contribution in [-0.2, 0) is 6.54 Å². The van der Waals surface area contributed by atoms with Gasteiger partial charge in [-0.15, -0.1) is 0 Å². The molecule has 4 heteroatoms. The Morgan fingerprint density at radius 2 is 2.15 bits per heavy atom. The second kappa shape index (κ2) is 5.74. The van der Waals surface area contributed by atoms with Crippen molar-refractivity contribution >= 4 is 11.9 Å². The molecule has 0 aliphatic heterocycles. The van der Waals surface area contributed by atoms with Gasteiger partial charge in [0.15, 0.2) is 5.78 Å². The highest BCUT2D eigenvalue weighted by Gasteiger charge is 2.08. The molecule has 0 bridgehead atoms. The molecule has 2 rings (SSSR count). The zero-order valence-corrected chi connectivity index (χ0v) is 11.9. The largest absolute Gasteiger partial charge is 0.508 e.